The zero-order valence-electron chi connectivity index (χ0n) is 10.2. The van der Waals surface area contributed by atoms with Crippen LogP contribution in [0, 0.1) is 5.41 Å². The number of carbonyl (C=O) groups excluding carboxylic acids is 1. The van der Waals surface area contributed by atoms with E-state index in [1.54, 1.807) is 0 Å². The van der Waals surface area contributed by atoms with Crippen molar-refractivity contribution in [2.24, 2.45) is 16.9 Å². The van der Waals surface area contributed by atoms with E-state index in [0.29, 0.717) is 13.2 Å². The zero-order valence-corrected chi connectivity index (χ0v) is 10.2. The lowest BCUT2D eigenvalue weighted by Crippen LogP contribution is -2.45. The minimum Gasteiger partial charge on any atom is -0.330 e. The van der Waals surface area contributed by atoms with Crippen LogP contribution in [0.4, 0.5) is 0 Å². The molecule has 4 nitrogen and oxygen atoms in total. The standard InChI is InChI=1S/C11H25N3O/c1-11(2,3)10(15)9(14-8-13)6-4-5-7-12/h9,14H,4-8,12-13H2,1-3H3. The van der Waals surface area contributed by atoms with Gasteiger partial charge in [0, 0.05) is 12.1 Å². The summed E-state index contributed by atoms with van der Waals surface area (Å²) in [7, 11) is 0. The number of rotatable bonds is 7. The number of carbonyl (C=O) groups is 1. The first-order valence-corrected chi connectivity index (χ1v) is 5.61. The first kappa shape index (κ1) is 14.6. The largest absolute Gasteiger partial charge is 0.330 e. The van der Waals surface area contributed by atoms with Crippen molar-refractivity contribution in [3.63, 3.8) is 0 Å². The van der Waals surface area contributed by atoms with Crippen molar-refractivity contribution in [3.05, 3.63) is 0 Å². The van der Waals surface area contributed by atoms with Gasteiger partial charge in [-0.1, -0.05) is 27.2 Å². The molecule has 0 aliphatic heterocycles. The van der Waals surface area contributed by atoms with Crippen molar-refractivity contribution >= 4 is 5.78 Å². The highest BCUT2D eigenvalue weighted by molar-refractivity contribution is 5.88. The fraction of sp³-hybridized carbons (Fsp3) is 0.909. The average molecular weight is 215 g/mol. The topological polar surface area (TPSA) is 81.1 Å². The smallest absolute Gasteiger partial charge is 0.155 e. The summed E-state index contributed by atoms with van der Waals surface area (Å²) in [6.07, 6.45) is 2.75. The van der Waals surface area contributed by atoms with Crippen LogP contribution >= 0.6 is 0 Å². The third kappa shape index (κ3) is 5.87. The number of ketones is 1. The molecule has 0 heterocycles. The number of hydrogen-bond acceptors (Lipinski definition) is 4. The SMILES string of the molecule is CC(C)(C)C(=O)C(CCCCN)NCN. The summed E-state index contributed by atoms with van der Waals surface area (Å²) in [5.74, 6) is 0.227. The summed E-state index contributed by atoms with van der Waals surface area (Å²) in [4.78, 5) is 12.0. The van der Waals surface area contributed by atoms with Gasteiger partial charge in [-0.25, -0.2) is 0 Å². The van der Waals surface area contributed by atoms with E-state index in [1.165, 1.54) is 0 Å². The van der Waals surface area contributed by atoms with Crippen molar-refractivity contribution in [2.45, 2.75) is 46.1 Å². The van der Waals surface area contributed by atoms with Crippen molar-refractivity contribution in [1.29, 1.82) is 0 Å². The molecule has 0 saturated heterocycles. The molecular weight excluding hydrogens is 190 g/mol. The molecule has 0 saturated carbocycles. The Kier molecular flexibility index (Phi) is 6.72. The summed E-state index contributed by atoms with van der Waals surface area (Å²) in [6.45, 7) is 6.82. The van der Waals surface area contributed by atoms with Gasteiger partial charge in [0.25, 0.3) is 0 Å². The van der Waals surface area contributed by atoms with E-state index >= 15 is 0 Å². The molecule has 5 N–H and O–H groups in total. The Morgan fingerprint density at radius 1 is 1.27 bits per heavy atom. The van der Waals surface area contributed by atoms with E-state index in [1.807, 2.05) is 20.8 Å². The highest BCUT2D eigenvalue weighted by Gasteiger charge is 2.28. The molecule has 0 aliphatic rings. The maximum Gasteiger partial charge on any atom is 0.155 e. The van der Waals surface area contributed by atoms with Gasteiger partial charge in [0.15, 0.2) is 5.78 Å². The Hall–Kier alpha value is -0.450. The lowest BCUT2D eigenvalue weighted by molar-refractivity contribution is -0.128. The fourth-order valence-electron chi connectivity index (χ4n) is 1.48. The van der Waals surface area contributed by atoms with Crippen LogP contribution in [0.2, 0.25) is 0 Å². The third-order valence-corrected chi connectivity index (χ3v) is 2.37. The lowest BCUT2D eigenvalue weighted by atomic mass is 9.85. The predicted octanol–water partition coefficient (Wildman–Crippen LogP) is 0.605. The van der Waals surface area contributed by atoms with Crippen LogP contribution in [0.1, 0.15) is 40.0 Å². The summed E-state index contributed by atoms with van der Waals surface area (Å²) in [5, 5.41) is 3.04. The Morgan fingerprint density at radius 3 is 2.27 bits per heavy atom. The van der Waals surface area contributed by atoms with Crippen LogP contribution in [-0.4, -0.2) is 25.0 Å². The molecule has 15 heavy (non-hydrogen) atoms. The van der Waals surface area contributed by atoms with Crippen molar-refractivity contribution in [2.75, 3.05) is 13.2 Å². The average Bonchev–Trinajstić information content (AvgIpc) is 2.14. The summed E-state index contributed by atoms with van der Waals surface area (Å²) in [6, 6.07) is -0.124. The molecule has 0 aromatic rings. The van der Waals surface area contributed by atoms with Gasteiger partial charge >= 0.3 is 0 Å². The van der Waals surface area contributed by atoms with Gasteiger partial charge < -0.3 is 11.5 Å². The van der Waals surface area contributed by atoms with Crippen molar-refractivity contribution in [3.8, 4) is 0 Å². The third-order valence-electron chi connectivity index (χ3n) is 2.37. The fourth-order valence-corrected chi connectivity index (χ4v) is 1.48. The summed E-state index contributed by atoms with van der Waals surface area (Å²) < 4.78 is 0. The Labute approximate surface area is 92.8 Å². The van der Waals surface area contributed by atoms with E-state index in [-0.39, 0.29) is 17.2 Å². The monoisotopic (exact) mass is 215 g/mol. The molecule has 0 aromatic carbocycles. The van der Waals surface area contributed by atoms with E-state index in [0.717, 1.165) is 19.3 Å². The van der Waals surface area contributed by atoms with Gasteiger partial charge in [-0.15, -0.1) is 0 Å². The molecule has 0 aromatic heterocycles. The van der Waals surface area contributed by atoms with Crippen molar-refractivity contribution < 1.29 is 4.79 Å². The second-order valence-corrected chi connectivity index (χ2v) is 4.86. The summed E-state index contributed by atoms with van der Waals surface area (Å²) >= 11 is 0. The van der Waals surface area contributed by atoms with Crippen LogP contribution in [0.5, 0.6) is 0 Å². The van der Waals surface area contributed by atoms with Gasteiger partial charge in [-0.05, 0) is 19.4 Å². The Bertz CT molecular complexity index is 187. The van der Waals surface area contributed by atoms with E-state index < -0.39 is 0 Å². The molecule has 1 atom stereocenters. The Balaban J connectivity index is 4.19. The van der Waals surface area contributed by atoms with Gasteiger partial charge in [0.2, 0.25) is 0 Å². The van der Waals surface area contributed by atoms with Crippen LogP contribution in [-0.2, 0) is 4.79 Å². The van der Waals surface area contributed by atoms with Crippen molar-refractivity contribution in [1.82, 2.24) is 5.32 Å². The maximum atomic E-state index is 12.0. The highest BCUT2D eigenvalue weighted by atomic mass is 16.1. The second-order valence-electron chi connectivity index (χ2n) is 4.86. The van der Waals surface area contributed by atoms with E-state index in [4.69, 9.17) is 11.5 Å². The molecule has 0 spiro atoms. The number of nitrogens with one attached hydrogen (secondary N) is 1. The molecule has 0 rings (SSSR count). The number of Topliss-reactive ketones (excluding diaryl/α,β-unsaturated/α-hetero) is 1. The number of unbranched alkanes of at least 4 members (excludes halogenated alkanes) is 1. The van der Waals surface area contributed by atoms with Crippen LogP contribution in [0.25, 0.3) is 0 Å². The molecule has 0 aliphatic carbocycles. The van der Waals surface area contributed by atoms with E-state index in [2.05, 4.69) is 5.32 Å². The van der Waals surface area contributed by atoms with Crippen LogP contribution < -0.4 is 16.8 Å². The molecule has 90 valence electrons. The van der Waals surface area contributed by atoms with E-state index in [9.17, 15) is 4.79 Å². The normalized spacial score (nSPS) is 13.9. The molecule has 4 heteroatoms. The van der Waals surface area contributed by atoms with Gasteiger partial charge in [0.05, 0.1) is 6.04 Å². The molecule has 0 fully saturated rings. The first-order valence-electron chi connectivity index (χ1n) is 5.61. The minimum absolute atomic E-state index is 0.124. The molecule has 0 bridgehead atoms. The molecule has 0 amide bonds. The van der Waals surface area contributed by atoms with Crippen LogP contribution in [0.3, 0.4) is 0 Å². The maximum absolute atomic E-state index is 12.0. The number of nitrogens with two attached hydrogens (primary N) is 2. The zero-order chi connectivity index (χ0) is 11.9. The molecule has 1 unspecified atom stereocenters. The molecular formula is C11H25N3O. The van der Waals surface area contributed by atoms with Gasteiger partial charge in [-0.3, -0.25) is 10.1 Å². The predicted molar refractivity (Wildman–Crippen MR) is 63.3 cm³/mol. The Morgan fingerprint density at radius 2 is 1.87 bits per heavy atom. The lowest BCUT2D eigenvalue weighted by Gasteiger charge is -2.25. The summed E-state index contributed by atoms with van der Waals surface area (Å²) in [5.41, 5.74) is 10.5. The number of hydrogen-bond donors (Lipinski definition) is 3. The quantitative estimate of drug-likeness (QED) is 0.429. The first-order chi connectivity index (χ1) is 6.93. The van der Waals surface area contributed by atoms with Gasteiger partial charge in [-0.2, -0.15) is 0 Å². The highest BCUT2D eigenvalue weighted by Crippen LogP contribution is 2.19. The van der Waals surface area contributed by atoms with Gasteiger partial charge in [0.1, 0.15) is 0 Å². The van der Waals surface area contributed by atoms with Crippen LogP contribution in [0.15, 0.2) is 0 Å². The minimum atomic E-state index is -0.310. The second kappa shape index (κ2) is 6.93. The molecule has 0 radical (unpaired) electrons.